The molecule has 1 aliphatic heterocycles. The van der Waals surface area contributed by atoms with Gasteiger partial charge >= 0.3 is 0 Å². The Morgan fingerprint density at radius 1 is 1.61 bits per heavy atom. The Morgan fingerprint density at radius 3 is 3.17 bits per heavy atom. The number of ether oxygens (including phenoxy) is 1. The van der Waals surface area contributed by atoms with Gasteiger partial charge in [-0.2, -0.15) is 11.8 Å². The maximum atomic E-state index is 5.91. The fourth-order valence-corrected chi connectivity index (χ4v) is 3.24. The minimum absolute atomic E-state index is 0.212. The molecule has 5 heteroatoms. The van der Waals surface area contributed by atoms with Crippen molar-refractivity contribution in [2.45, 2.75) is 39.0 Å². The Morgan fingerprint density at radius 2 is 2.50 bits per heavy atom. The second-order valence-corrected chi connectivity index (χ2v) is 5.65. The quantitative estimate of drug-likeness (QED) is 0.858. The molecule has 1 aromatic heterocycles. The summed E-state index contributed by atoms with van der Waals surface area (Å²) in [7, 11) is 0. The number of nitrogens with one attached hydrogen (secondary N) is 1. The van der Waals surface area contributed by atoms with Crippen molar-refractivity contribution in [3.05, 3.63) is 18.2 Å². The number of likely N-dealkylation sites (N-methyl/N-ethyl adjacent to an activating group) is 1. The number of aryl methyl sites for hydroxylation is 1. The first kappa shape index (κ1) is 13.9. The first-order valence-corrected chi connectivity index (χ1v) is 7.96. The number of thioether (sulfide) groups is 1. The van der Waals surface area contributed by atoms with Crippen LogP contribution in [0.25, 0.3) is 0 Å². The van der Waals surface area contributed by atoms with E-state index in [2.05, 4.69) is 34.9 Å². The number of nitrogens with zero attached hydrogens (tertiary/aromatic N) is 2. The van der Waals surface area contributed by atoms with Crippen LogP contribution < -0.4 is 5.32 Å². The summed E-state index contributed by atoms with van der Waals surface area (Å²) in [6.07, 6.45) is 5.33. The SMILES string of the molecule is CCCn1ccnc1C(NCC)C1CSCCO1. The van der Waals surface area contributed by atoms with E-state index in [-0.39, 0.29) is 12.1 Å². The molecule has 2 unspecified atom stereocenters. The first-order chi connectivity index (χ1) is 8.86. The average molecular weight is 269 g/mol. The van der Waals surface area contributed by atoms with Gasteiger partial charge in [0, 0.05) is 30.4 Å². The van der Waals surface area contributed by atoms with Crippen LogP contribution in [0.1, 0.15) is 32.1 Å². The molecule has 1 aliphatic rings. The van der Waals surface area contributed by atoms with Crippen molar-refractivity contribution in [2.75, 3.05) is 24.7 Å². The Bertz CT molecular complexity index is 350. The molecule has 2 atom stereocenters. The minimum atomic E-state index is 0.212. The lowest BCUT2D eigenvalue weighted by atomic mass is 10.1. The van der Waals surface area contributed by atoms with E-state index in [9.17, 15) is 0 Å². The summed E-state index contributed by atoms with van der Waals surface area (Å²) in [6.45, 7) is 7.14. The van der Waals surface area contributed by atoms with E-state index in [1.165, 1.54) is 0 Å². The van der Waals surface area contributed by atoms with Gasteiger partial charge < -0.3 is 14.6 Å². The van der Waals surface area contributed by atoms with Gasteiger partial charge in [0.15, 0.2) is 0 Å². The van der Waals surface area contributed by atoms with Crippen LogP contribution in [-0.2, 0) is 11.3 Å². The van der Waals surface area contributed by atoms with Crippen LogP contribution in [-0.4, -0.2) is 40.3 Å². The number of hydrogen-bond donors (Lipinski definition) is 1. The van der Waals surface area contributed by atoms with Crippen molar-refractivity contribution in [3.8, 4) is 0 Å². The molecule has 0 saturated carbocycles. The Hall–Kier alpha value is -0.520. The zero-order valence-corrected chi connectivity index (χ0v) is 12.1. The molecular formula is C13H23N3OS. The molecular weight excluding hydrogens is 246 g/mol. The van der Waals surface area contributed by atoms with Gasteiger partial charge in [-0.3, -0.25) is 0 Å². The van der Waals surface area contributed by atoms with Gasteiger partial charge in [0.2, 0.25) is 0 Å². The summed E-state index contributed by atoms with van der Waals surface area (Å²) in [5.74, 6) is 3.28. The molecule has 0 spiro atoms. The second-order valence-electron chi connectivity index (χ2n) is 4.50. The third-order valence-corrected chi connectivity index (χ3v) is 4.15. The molecule has 0 bridgehead atoms. The van der Waals surface area contributed by atoms with E-state index in [0.717, 1.165) is 43.4 Å². The maximum absolute atomic E-state index is 5.91. The van der Waals surface area contributed by atoms with Gasteiger partial charge in [0.25, 0.3) is 0 Å². The zero-order chi connectivity index (χ0) is 12.8. The highest BCUT2D eigenvalue weighted by molar-refractivity contribution is 7.99. The van der Waals surface area contributed by atoms with Crippen LogP contribution >= 0.6 is 11.8 Å². The molecule has 2 heterocycles. The lowest BCUT2D eigenvalue weighted by Gasteiger charge is -2.30. The molecule has 1 fully saturated rings. The number of imidazole rings is 1. The van der Waals surface area contributed by atoms with Crippen molar-refractivity contribution >= 4 is 11.8 Å². The highest BCUT2D eigenvalue weighted by atomic mass is 32.2. The van der Waals surface area contributed by atoms with Gasteiger partial charge in [-0.05, 0) is 13.0 Å². The van der Waals surface area contributed by atoms with Crippen LogP contribution in [0.15, 0.2) is 12.4 Å². The highest BCUT2D eigenvalue weighted by Crippen LogP contribution is 2.24. The van der Waals surface area contributed by atoms with E-state index in [4.69, 9.17) is 4.74 Å². The summed E-state index contributed by atoms with van der Waals surface area (Å²) in [4.78, 5) is 4.54. The Balaban J connectivity index is 2.14. The summed E-state index contributed by atoms with van der Waals surface area (Å²) < 4.78 is 8.16. The summed E-state index contributed by atoms with van der Waals surface area (Å²) in [5, 5.41) is 3.53. The zero-order valence-electron chi connectivity index (χ0n) is 11.3. The molecule has 102 valence electrons. The summed E-state index contributed by atoms with van der Waals surface area (Å²) in [6, 6.07) is 0.212. The number of aromatic nitrogens is 2. The van der Waals surface area contributed by atoms with Crippen LogP contribution in [0.5, 0.6) is 0 Å². The van der Waals surface area contributed by atoms with Crippen LogP contribution in [0.2, 0.25) is 0 Å². The molecule has 1 aromatic rings. The molecule has 18 heavy (non-hydrogen) atoms. The number of rotatable bonds is 6. The molecule has 4 nitrogen and oxygen atoms in total. The number of hydrogen-bond acceptors (Lipinski definition) is 4. The van der Waals surface area contributed by atoms with Crippen LogP contribution in [0, 0.1) is 0 Å². The van der Waals surface area contributed by atoms with Crippen molar-refractivity contribution in [2.24, 2.45) is 0 Å². The van der Waals surface area contributed by atoms with Gasteiger partial charge in [-0.15, -0.1) is 0 Å². The van der Waals surface area contributed by atoms with Crippen molar-refractivity contribution in [1.29, 1.82) is 0 Å². The van der Waals surface area contributed by atoms with Gasteiger partial charge in [-0.1, -0.05) is 13.8 Å². The first-order valence-electron chi connectivity index (χ1n) is 6.80. The van der Waals surface area contributed by atoms with E-state index < -0.39 is 0 Å². The molecule has 2 rings (SSSR count). The summed E-state index contributed by atoms with van der Waals surface area (Å²) in [5.41, 5.74) is 0. The lowest BCUT2D eigenvalue weighted by molar-refractivity contribution is 0.0439. The van der Waals surface area contributed by atoms with E-state index in [0.29, 0.717) is 0 Å². The monoisotopic (exact) mass is 269 g/mol. The molecule has 0 aromatic carbocycles. The predicted octanol–water partition coefficient (Wildman–Crippen LogP) is 2.08. The van der Waals surface area contributed by atoms with Crippen molar-refractivity contribution in [1.82, 2.24) is 14.9 Å². The van der Waals surface area contributed by atoms with Crippen molar-refractivity contribution < 1.29 is 4.74 Å². The second kappa shape index (κ2) is 7.16. The third-order valence-electron chi connectivity index (χ3n) is 3.13. The fraction of sp³-hybridized carbons (Fsp3) is 0.769. The standard InChI is InChI=1S/C13H23N3OS/c1-3-6-16-7-5-15-13(16)12(14-4-2)11-10-18-9-8-17-11/h5,7,11-12,14H,3-4,6,8-10H2,1-2H3. The Kier molecular flexibility index (Phi) is 5.53. The normalized spacial score (nSPS) is 22.0. The van der Waals surface area contributed by atoms with Gasteiger partial charge in [0.05, 0.1) is 18.8 Å². The largest absolute Gasteiger partial charge is 0.374 e. The van der Waals surface area contributed by atoms with E-state index in [1.54, 1.807) is 0 Å². The summed E-state index contributed by atoms with van der Waals surface area (Å²) >= 11 is 1.97. The maximum Gasteiger partial charge on any atom is 0.128 e. The smallest absolute Gasteiger partial charge is 0.128 e. The van der Waals surface area contributed by atoms with Gasteiger partial charge in [-0.25, -0.2) is 4.98 Å². The molecule has 1 saturated heterocycles. The molecule has 1 N–H and O–H groups in total. The fourth-order valence-electron chi connectivity index (χ4n) is 2.34. The van der Waals surface area contributed by atoms with Gasteiger partial charge in [0.1, 0.15) is 5.82 Å². The van der Waals surface area contributed by atoms with E-state index >= 15 is 0 Å². The topological polar surface area (TPSA) is 39.1 Å². The average Bonchev–Trinajstić information content (AvgIpc) is 2.85. The third kappa shape index (κ3) is 3.28. The Labute approximate surface area is 114 Å². The van der Waals surface area contributed by atoms with E-state index in [1.807, 2.05) is 18.0 Å². The van der Waals surface area contributed by atoms with Crippen molar-refractivity contribution in [3.63, 3.8) is 0 Å². The molecule has 0 aliphatic carbocycles. The highest BCUT2D eigenvalue weighted by Gasteiger charge is 2.28. The lowest BCUT2D eigenvalue weighted by Crippen LogP contribution is -2.39. The molecule has 0 amide bonds. The van der Waals surface area contributed by atoms with Crippen LogP contribution in [0.4, 0.5) is 0 Å². The minimum Gasteiger partial charge on any atom is -0.374 e. The predicted molar refractivity (Wildman–Crippen MR) is 76.0 cm³/mol. The molecule has 0 radical (unpaired) electrons. The van der Waals surface area contributed by atoms with Crippen LogP contribution in [0.3, 0.4) is 0 Å².